The molecule has 1 aromatic carbocycles. The topological polar surface area (TPSA) is 23.8 Å². The van der Waals surface area contributed by atoms with E-state index in [4.69, 9.17) is 5.26 Å². The standard InChI is InChI=1S/C10H11NS/c1-8-7-10(12-2)4-3-9(8)5-6-11/h3-4,7H,5H2,1-2H3. The van der Waals surface area contributed by atoms with E-state index in [9.17, 15) is 0 Å². The van der Waals surface area contributed by atoms with E-state index >= 15 is 0 Å². The van der Waals surface area contributed by atoms with E-state index in [0.717, 1.165) is 5.56 Å². The van der Waals surface area contributed by atoms with Crippen LogP contribution in [0.3, 0.4) is 0 Å². The second-order valence-electron chi connectivity index (χ2n) is 2.63. The molecule has 1 aromatic rings. The van der Waals surface area contributed by atoms with E-state index in [-0.39, 0.29) is 0 Å². The predicted octanol–water partition coefficient (Wildman–Crippen LogP) is 2.78. The third kappa shape index (κ3) is 2.02. The summed E-state index contributed by atoms with van der Waals surface area (Å²) in [6.07, 6.45) is 2.57. The van der Waals surface area contributed by atoms with Crippen LogP contribution in [0.25, 0.3) is 0 Å². The third-order valence-corrected chi connectivity index (χ3v) is 2.54. The van der Waals surface area contributed by atoms with Crippen molar-refractivity contribution in [3.05, 3.63) is 29.3 Å². The lowest BCUT2D eigenvalue weighted by atomic mass is 10.1. The van der Waals surface area contributed by atoms with Crippen molar-refractivity contribution < 1.29 is 0 Å². The SMILES string of the molecule is CSc1ccc(CC#N)c(C)c1. The van der Waals surface area contributed by atoms with E-state index in [1.807, 2.05) is 13.0 Å². The van der Waals surface area contributed by atoms with Crippen LogP contribution in [0.2, 0.25) is 0 Å². The van der Waals surface area contributed by atoms with E-state index in [0.29, 0.717) is 6.42 Å². The van der Waals surface area contributed by atoms with Crippen LogP contribution in [0.15, 0.2) is 23.1 Å². The Kier molecular flexibility index (Phi) is 3.19. The molecule has 0 bridgehead atoms. The average molecular weight is 177 g/mol. The van der Waals surface area contributed by atoms with Gasteiger partial charge in [0.25, 0.3) is 0 Å². The second kappa shape index (κ2) is 4.18. The van der Waals surface area contributed by atoms with E-state index < -0.39 is 0 Å². The fourth-order valence-corrected chi connectivity index (χ4v) is 1.58. The molecule has 0 radical (unpaired) electrons. The molecule has 0 amide bonds. The molecule has 0 saturated heterocycles. The maximum Gasteiger partial charge on any atom is 0.0669 e. The van der Waals surface area contributed by atoms with Gasteiger partial charge in [-0.15, -0.1) is 11.8 Å². The van der Waals surface area contributed by atoms with Crippen LogP contribution in [0, 0.1) is 18.3 Å². The minimum atomic E-state index is 0.514. The Morgan fingerprint density at radius 2 is 2.25 bits per heavy atom. The van der Waals surface area contributed by atoms with Crippen LogP contribution in [-0.2, 0) is 6.42 Å². The zero-order valence-electron chi connectivity index (χ0n) is 7.29. The highest BCUT2D eigenvalue weighted by molar-refractivity contribution is 7.98. The van der Waals surface area contributed by atoms with Crippen LogP contribution in [0.4, 0.5) is 0 Å². The summed E-state index contributed by atoms with van der Waals surface area (Å²) in [6, 6.07) is 8.37. The molecule has 1 rings (SSSR count). The van der Waals surface area contributed by atoms with Crippen molar-refractivity contribution in [1.82, 2.24) is 0 Å². The number of benzene rings is 1. The van der Waals surface area contributed by atoms with E-state index in [2.05, 4.69) is 24.5 Å². The van der Waals surface area contributed by atoms with Crippen LogP contribution in [0.1, 0.15) is 11.1 Å². The van der Waals surface area contributed by atoms with Crippen LogP contribution >= 0.6 is 11.8 Å². The Hall–Kier alpha value is -0.940. The Morgan fingerprint density at radius 1 is 1.50 bits per heavy atom. The van der Waals surface area contributed by atoms with Crippen molar-refractivity contribution in [1.29, 1.82) is 5.26 Å². The summed E-state index contributed by atoms with van der Waals surface area (Å²) < 4.78 is 0. The number of thioether (sulfide) groups is 1. The summed E-state index contributed by atoms with van der Waals surface area (Å²) >= 11 is 1.73. The number of hydrogen-bond acceptors (Lipinski definition) is 2. The van der Waals surface area contributed by atoms with Crippen molar-refractivity contribution in [2.75, 3.05) is 6.26 Å². The fraction of sp³-hybridized carbons (Fsp3) is 0.300. The number of aryl methyl sites for hydroxylation is 1. The Morgan fingerprint density at radius 3 is 2.75 bits per heavy atom. The molecule has 0 fully saturated rings. The monoisotopic (exact) mass is 177 g/mol. The average Bonchev–Trinajstić information content (AvgIpc) is 2.09. The molecule has 12 heavy (non-hydrogen) atoms. The van der Waals surface area contributed by atoms with Crippen LogP contribution in [0.5, 0.6) is 0 Å². The zero-order valence-corrected chi connectivity index (χ0v) is 8.11. The molecule has 0 heterocycles. The van der Waals surface area contributed by atoms with Crippen molar-refractivity contribution in [2.24, 2.45) is 0 Å². The summed E-state index contributed by atoms with van der Waals surface area (Å²) in [7, 11) is 0. The molecule has 2 heteroatoms. The second-order valence-corrected chi connectivity index (χ2v) is 3.51. The Labute approximate surface area is 77.4 Å². The van der Waals surface area contributed by atoms with Gasteiger partial charge in [-0.3, -0.25) is 0 Å². The lowest BCUT2D eigenvalue weighted by Gasteiger charge is -2.02. The lowest BCUT2D eigenvalue weighted by molar-refractivity contribution is 1.19. The van der Waals surface area contributed by atoms with Gasteiger partial charge in [0.05, 0.1) is 12.5 Å². The molecule has 0 aromatic heterocycles. The van der Waals surface area contributed by atoms with Crippen molar-refractivity contribution in [2.45, 2.75) is 18.2 Å². The first kappa shape index (κ1) is 9.15. The van der Waals surface area contributed by atoms with Gasteiger partial charge in [-0.1, -0.05) is 6.07 Å². The van der Waals surface area contributed by atoms with E-state index in [1.165, 1.54) is 10.5 Å². The highest BCUT2D eigenvalue weighted by Gasteiger charge is 1.97. The first-order chi connectivity index (χ1) is 5.77. The van der Waals surface area contributed by atoms with Gasteiger partial charge >= 0.3 is 0 Å². The molecule has 0 N–H and O–H groups in total. The molecular formula is C10H11NS. The maximum atomic E-state index is 8.52. The molecular weight excluding hydrogens is 166 g/mol. The molecule has 0 aliphatic rings. The predicted molar refractivity (Wildman–Crippen MR) is 52.3 cm³/mol. The smallest absolute Gasteiger partial charge is 0.0669 e. The number of nitriles is 1. The number of rotatable bonds is 2. The number of hydrogen-bond donors (Lipinski definition) is 0. The van der Waals surface area contributed by atoms with Gasteiger partial charge in [0.1, 0.15) is 0 Å². The number of nitrogens with zero attached hydrogens (tertiary/aromatic N) is 1. The minimum Gasteiger partial charge on any atom is -0.198 e. The van der Waals surface area contributed by atoms with Gasteiger partial charge in [0.15, 0.2) is 0 Å². The maximum absolute atomic E-state index is 8.52. The van der Waals surface area contributed by atoms with Gasteiger partial charge in [0.2, 0.25) is 0 Å². The summed E-state index contributed by atoms with van der Waals surface area (Å²) in [5.41, 5.74) is 2.35. The lowest BCUT2D eigenvalue weighted by Crippen LogP contribution is -1.86. The molecule has 0 unspecified atom stereocenters. The van der Waals surface area contributed by atoms with Crippen LogP contribution < -0.4 is 0 Å². The highest BCUT2D eigenvalue weighted by atomic mass is 32.2. The fourth-order valence-electron chi connectivity index (χ4n) is 1.08. The summed E-state index contributed by atoms with van der Waals surface area (Å²) in [4.78, 5) is 1.26. The van der Waals surface area contributed by atoms with Crippen LogP contribution in [-0.4, -0.2) is 6.26 Å². The van der Waals surface area contributed by atoms with Crippen molar-refractivity contribution >= 4 is 11.8 Å². The Balaban J connectivity index is 2.97. The largest absolute Gasteiger partial charge is 0.198 e. The third-order valence-electron chi connectivity index (χ3n) is 1.82. The Bertz CT molecular complexity index is 312. The zero-order chi connectivity index (χ0) is 8.97. The molecule has 0 atom stereocenters. The normalized spacial score (nSPS) is 9.42. The first-order valence-corrected chi connectivity index (χ1v) is 5.01. The summed E-state index contributed by atoms with van der Waals surface area (Å²) in [6.45, 7) is 2.05. The summed E-state index contributed by atoms with van der Waals surface area (Å²) in [5.74, 6) is 0. The molecule has 1 nitrogen and oxygen atoms in total. The first-order valence-electron chi connectivity index (χ1n) is 3.78. The van der Waals surface area contributed by atoms with Gasteiger partial charge in [-0.05, 0) is 36.4 Å². The molecule has 0 saturated carbocycles. The molecule has 0 aliphatic carbocycles. The van der Waals surface area contributed by atoms with Gasteiger partial charge in [-0.2, -0.15) is 5.26 Å². The summed E-state index contributed by atoms with van der Waals surface area (Å²) in [5, 5.41) is 8.52. The molecule has 62 valence electrons. The molecule has 0 spiro atoms. The highest BCUT2D eigenvalue weighted by Crippen LogP contribution is 2.18. The van der Waals surface area contributed by atoms with Crippen molar-refractivity contribution in [3.8, 4) is 6.07 Å². The van der Waals surface area contributed by atoms with Gasteiger partial charge < -0.3 is 0 Å². The van der Waals surface area contributed by atoms with Gasteiger partial charge in [0, 0.05) is 4.90 Å². The quantitative estimate of drug-likeness (QED) is 0.648. The van der Waals surface area contributed by atoms with E-state index in [1.54, 1.807) is 11.8 Å². The van der Waals surface area contributed by atoms with Gasteiger partial charge in [-0.25, -0.2) is 0 Å². The molecule has 0 aliphatic heterocycles. The minimum absolute atomic E-state index is 0.514. The van der Waals surface area contributed by atoms with Crippen molar-refractivity contribution in [3.63, 3.8) is 0 Å².